The Morgan fingerprint density at radius 2 is 2.16 bits per heavy atom. The number of halogens is 1. The van der Waals surface area contributed by atoms with Crippen molar-refractivity contribution >= 4 is 38.3 Å². The maximum Gasteiger partial charge on any atom is 0.229 e. The van der Waals surface area contributed by atoms with Gasteiger partial charge in [0, 0.05) is 22.4 Å². The monoisotopic (exact) mass is 418 g/mol. The third-order valence-corrected chi connectivity index (χ3v) is 6.11. The highest BCUT2D eigenvalue weighted by atomic mass is 79.9. The Morgan fingerprint density at radius 3 is 2.76 bits per heavy atom. The fourth-order valence-electron chi connectivity index (χ4n) is 2.96. The summed E-state index contributed by atoms with van der Waals surface area (Å²) >= 11 is 4.81. The van der Waals surface area contributed by atoms with Gasteiger partial charge in [0.25, 0.3) is 0 Å². The number of nitrogens with one attached hydrogen (secondary N) is 1. The van der Waals surface area contributed by atoms with E-state index in [2.05, 4.69) is 32.2 Å². The van der Waals surface area contributed by atoms with Crippen LogP contribution in [0.15, 0.2) is 34.1 Å². The van der Waals surface area contributed by atoms with Gasteiger partial charge in [-0.2, -0.15) is 0 Å². The second kappa shape index (κ2) is 7.28. The number of aromatic nitrogens is 1. The number of anilines is 1. The summed E-state index contributed by atoms with van der Waals surface area (Å²) in [7, 11) is 0. The molecule has 4 nitrogen and oxygen atoms in total. The van der Waals surface area contributed by atoms with E-state index in [4.69, 9.17) is 11.5 Å². The first-order chi connectivity index (χ1) is 12.0. The number of carbonyl (C=O) groups is 1. The Kier molecular flexibility index (Phi) is 5.28. The van der Waals surface area contributed by atoms with Gasteiger partial charge in [-0.25, -0.2) is 4.98 Å². The number of aliphatic hydroxyl groups excluding tert-OH is 1. The highest BCUT2D eigenvalue weighted by Crippen LogP contribution is 2.36. The van der Waals surface area contributed by atoms with E-state index in [1.54, 1.807) is 0 Å². The molecule has 1 aliphatic carbocycles. The molecule has 0 spiro atoms. The van der Waals surface area contributed by atoms with Crippen LogP contribution in [0.2, 0.25) is 0 Å². The highest BCUT2D eigenvalue weighted by Gasteiger charge is 2.35. The van der Waals surface area contributed by atoms with Crippen LogP contribution in [0, 0.1) is 24.2 Å². The van der Waals surface area contributed by atoms with Crippen LogP contribution in [0.3, 0.4) is 0 Å². The standard InChI is InChI=1S/C19H19BrN2O2S/c1-3-19(2,14-4-6-15(20)7-5-14)16-11-25-18(21-16)22-17(24)13-8-12(9-13)10-23/h1,4-7,11-13,23H,8-10H2,2H3,(H,21,22,24)/t12-,13+,19?. The number of nitrogens with zero attached hydrogens (tertiary/aromatic N) is 1. The SMILES string of the molecule is C#CC(C)(c1ccc(Br)cc1)c1csc(NC(=O)[C@H]2C[C@@H](CO)C2)n1. The zero-order valence-corrected chi connectivity index (χ0v) is 16.2. The van der Waals surface area contributed by atoms with Crippen LogP contribution in [-0.4, -0.2) is 22.6 Å². The van der Waals surface area contributed by atoms with Crippen molar-refractivity contribution in [2.24, 2.45) is 11.8 Å². The third-order valence-electron chi connectivity index (χ3n) is 4.82. The van der Waals surface area contributed by atoms with Crippen LogP contribution in [0.25, 0.3) is 0 Å². The molecular formula is C19H19BrN2O2S. The van der Waals surface area contributed by atoms with Crippen molar-refractivity contribution in [3.05, 3.63) is 45.4 Å². The van der Waals surface area contributed by atoms with Crippen molar-refractivity contribution in [2.45, 2.75) is 25.2 Å². The molecule has 1 saturated carbocycles. The van der Waals surface area contributed by atoms with Crippen LogP contribution in [0.4, 0.5) is 5.13 Å². The largest absolute Gasteiger partial charge is 0.396 e. The second-order valence-corrected chi connectivity index (χ2v) is 8.29. The van der Waals surface area contributed by atoms with Crippen molar-refractivity contribution in [1.82, 2.24) is 4.98 Å². The molecule has 0 bridgehead atoms. The van der Waals surface area contributed by atoms with E-state index in [0.29, 0.717) is 5.13 Å². The Labute approximate surface area is 159 Å². The third kappa shape index (κ3) is 3.64. The van der Waals surface area contributed by atoms with Gasteiger partial charge in [0.05, 0.1) is 11.1 Å². The van der Waals surface area contributed by atoms with Gasteiger partial charge < -0.3 is 10.4 Å². The minimum absolute atomic E-state index is 0.0309. The topological polar surface area (TPSA) is 62.2 Å². The van der Waals surface area contributed by atoms with Crippen LogP contribution < -0.4 is 5.32 Å². The lowest BCUT2D eigenvalue weighted by atomic mass is 9.75. The average molecular weight is 419 g/mol. The van der Waals surface area contributed by atoms with Gasteiger partial charge >= 0.3 is 0 Å². The van der Waals surface area contributed by atoms with Gasteiger partial charge in [-0.15, -0.1) is 17.8 Å². The minimum atomic E-state index is -0.654. The second-order valence-electron chi connectivity index (χ2n) is 6.52. The molecule has 130 valence electrons. The summed E-state index contributed by atoms with van der Waals surface area (Å²) in [5.41, 5.74) is 1.07. The summed E-state index contributed by atoms with van der Waals surface area (Å²) in [6.07, 6.45) is 7.30. The number of benzene rings is 1. The molecule has 1 fully saturated rings. The summed E-state index contributed by atoms with van der Waals surface area (Å²) in [5.74, 6) is 3.04. The van der Waals surface area contributed by atoms with Crippen LogP contribution >= 0.6 is 27.3 Å². The van der Waals surface area contributed by atoms with E-state index in [1.165, 1.54) is 11.3 Å². The van der Waals surface area contributed by atoms with Crippen LogP contribution in [0.5, 0.6) is 0 Å². The minimum Gasteiger partial charge on any atom is -0.396 e. The molecule has 3 rings (SSSR count). The van der Waals surface area contributed by atoms with Gasteiger partial charge in [0.1, 0.15) is 0 Å². The Balaban J connectivity index is 1.74. The van der Waals surface area contributed by atoms with Crippen molar-refractivity contribution in [2.75, 3.05) is 11.9 Å². The molecule has 1 amide bonds. The number of aliphatic hydroxyl groups is 1. The molecule has 1 heterocycles. The lowest BCUT2D eigenvalue weighted by molar-refractivity contribution is -0.124. The number of rotatable bonds is 5. The van der Waals surface area contributed by atoms with Gasteiger partial charge in [-0.3, -0.25) is 4.79 Å². The van der Waals surface area contributed by atoms with E-state index in [9.17, 15) is 4.79 Å². The fraction of sp³-hybridized carbons (Fsp3) is 0.368. The van der Waals surface area contributed by atoms with Crippen molar-refractivity contribution in [3.63, 3.8) is 0 Å². The van der Waals surface area contributed by atoms with E-state index < -0.39 is 5.41 Å². The van der Waals surface area contributed by atoms with Gasteiger partial charge in [0.2, 0.25) is 5.91 Å². The fourth-order valence-corrected chi connectivity index (χ4v) is 4.04. The van der Waals surface area contributed by atoms with Crippen molar-refractivity contribution < 1.29 is 9.90 Å². The van der Waals surface area contributed by atoms with E-state index >= 15 is 0 Å². The van der Waals surface area contributed by atoms with Gasteiger partial charge in [0.15, 0.2) is 5.13 Å². The number of thiazole rings is 1. The Bertz CT molecular complexity index is 806. The van der Waals surface area contributed by atoms with Crippen molar-refractivity contribution in [1.29, 1.82) is 0 Å². The highest BCUT2D eigenvalue weighted by molar-refractivity contribution is 9.10. The molecule has 0 saturated heterocycles. The number of hydrogen-bond acceptors (Lipinski definition) is 4. The average Bonchev–Trinajstić information content (AvgIpc) is 3.03. The molecular weight excluding hydrogens is 400 g/mol. The predicted molar refractivity (Wildman–Crippen MR) is 103 cm³/mol. The Morgan fingerprint density at radius 1 is 1.48 bits per heavy atom. The van der Waals surface area contributed by atoms with Crippen LogP contribution in [-0.2, 0) is 10.2 Å². The normalized spacial score (nSPS) is 21.7. The lowest BCUT2D eigenvalue weighted by Crippen LogP contribution is -2.36. The predicted octanol–water partition coefficient (Wildman–Crippen LogP) is 3.80. The summed E-state index contributed by atoms with van der Waals surface area (Å²) in [6, 6.07) is 7.86. The first-order valence-corrected chi connectivity index (χ1v) is 9.75. The number of terminal acetylenes is 1. The molecule has 1 atom stereocenters. The number of amides is 1. The van der Waals surface area contributed by atoms with E-state index in [-0.39, 0.29) is 24.3 Å². The number of hydrogen-bond donors (Lipinski definition) is 2. The maximum atomic E-state index is 12.2. The summed E-state index contributed by atoms with van der Waals surface area (Å²) in [6.45, 7) is 2.10. The van der Waals surface area contributed by atoms with Crippen molar-refractivity contribution in [3.8, 4) is 12.3 Å². The molecule has 6 heteroatoms. The van der Waals surface area contributed by atoms with Crippen LogP contribution in [0.1, 0.15) is 31.0 Å². The van der Waals surface area contributed by atoms with E-state index in [0.717, 1.165) is 28.6 Å². The summed E-state index contributed by atoms with van der Waals surface area (Å²) < 4.78 is 0.989. The molecule has 1 aliphatic rings. The first kappa shape index (κ1) is 18.1. The first-order valence-electron chi connectivity index (χ1n) is 8.08. The Hall–Kier alpha value is -1.68. The molecule has 1 aromatic carbocycles. The summed E-state index contributed by atoms with van der Waals surface area (Å²) in [4.78, 5) is 16.8. The zero-order chi connectivity index (χ0) is 18.0. The molecule has 0 radical (unpaired) electrons. The quantitative estimate of drug-likeness (QED) is 0.725. The zero-order valence-electron chi connectivity index (χ0n) is 13.8. The smallest absolute Gasteiger partial charge is 0.229 e. The maximum absolute atomic E-state index is 12.2. The molecule has 1 aromatic heterocycles. The lowest BCUT2D eigenvalue weighted by Gasteiger charge is -2.32. The molecule has 0 aliphatic heterocycles. The summed E-state index contributed by atoms with van der Waals surface area (Å²) in [5, 5.41) is 14.4. The molecule has 2 aromatic rings. The molecule has 2 N–H and O–H groups in total. The molecule has 25 heavy (non-hydrogen) atoms. The molecule has 1 unspecified atom stereocenters. The van der Waals surface area contributed by atoms with Gasteiger partial charge in [-0.1, -0.05) is 34.0 Å². The van der Waals surface area contributed by atoms with Gasteiger partial charge in [-0.05, 0) is 43.4 Å². The van der Waals surface area contributed by atoms with E-state index in [1.807, 2.05) is 36.6 Å². The number of carbonyl (C=O) groups excluding carboxylic acids is 1.